The second kappa shape index (κ2) is 39.3. The molecule has 0 aromatic heterocycles. The van der Waals surface area contributed by atoms with Gasteiger partial charge < -0.3 is 20.1 Å². The summed E-state index contributed by atoms with van der Waals surface area (Å²) in [5, 5.41) is 0. The van der Waals surface area contributed by atoms with Crippen molar-refractivity contribution >= 4 is 13.8 Å². The number of carbonyl (C=O) groups excluding carboxylic acids is 1. The lowest BCUT2D eigenvalue weighted by atomic mass is 10.0. The molecule has 0 aliphatic carbocycles. The fourth-order valence-corrected chi connectivity index (χ4v) is 6.86. The summed E-state index contributed by atoms with van der Waals surface area (Å²) in [6.45, 7) is 4.25. The highest BCUT2D eigenvalue weighted by atomic mass is 31.2. The number of hydrogen-bond acceptors (Lipinski definition) is 7. The summed E-state index contributed by atoms with van der Waals surface area (Å²) in [4.78, 5) is 22.2. The van der Waals surface area contributed by atoms with Gasteiger partial charge in [-0.05, 0) is 25.3 Å². The Hall–Kier alpha value is -0.920. The summed E-state index contributed by atoms with van der Waals surface area (Å²) in [5.74, 6) is -0.286. The lowest BCUT2D eigenvalue weighted by molar-refractivity contribution is -0.147. The van der Waals surface area contributed by atoms with Gasteiger partial charge in [-0.2, -0.15) is 0 Å². The molecule has 0 fully saturated rings. The molecule has 0 spiro atoms. The molecule has 0 rings (SSSR count). The molecule has 2 atom stereocenters. The van der Waals surface area contributed by atoms with Crippen LogP contribution in [-0.4, -0.2) is 43.3 Å². The van der Waals surface area contributed by atoms with E-state index in [0.717, 1.165) is 32.1 Å². The monoisotopic (exact) mass is 732 g/mol. The Morgan fingerprint density at radius 3 is 1.42 bits per heavy atom. The van der Waals surface area contributed by atoms with Gasteiger partial charge in [0.05, 0.1) is 19.5 Å². The minimum atomic E-state index is -4.26. The van der Waals surface area contributed by atoms with Gasteiger partial charge in [-0.25, -0.2) is 4.57 Å². The molecule has 0 heterocycles. The Balaban J connectivity index is 4.05. The maximum absolute atomic E-state index is 12.4. The molecule has 3 N–H and O–H groups in total. The topological polar surface area (TPSA) is 117 Å². The predicted molar refractivity (Wildman–Crippen MR) is 210 cm³/mol. The average molecular weight is 732 g/mol. The second-order valence-corrected chi connectivity index (χ2v) is 15.7. The highest BCUT2D eigenvalue weighted by Gasteiger charge is 2.24. The summed E-state index contributed by atoms with van der Waals surface area (Å²) in [7, 11) is -4.26. The van der Waals surface area contributed by atoms with E-state index in [1.165, 1.54) is 161 Å². The third-order valence-electron chi connectivity index (χ3n) is 9.30. The van der Waals surface area contributed by atoms with Gasteiger partial charge in [-0.3, -0.25) is 13.8 Å². The van der Waals surface area contributed by atoms with Crippen molar-refractivity contribution in [3.8, 4) is 0 Å². The molecule has 0 saturated carbocycles. The summed E-state index contributed by atoms with van der Waals surface area (Å²) < 4.78 is 33.2. The quantitative estimate of drug-likeness (QED) is 0.0276. The van der Waals surface area contributed by atoms with Gasteiger partial charge in [-0.1, -0.05) is 187 Å². The van der Waals surface area contributed by atoms with Crippen molar-refractivity contribution < 1.29 is 32.8 Å². The van der Waals surface area contributed by atoms with Gasteiger partial charge in [0.15, 0.2) is 6.10 Å². The smallest absolute Gasteiger partial charge is 0.472 e. The van der Waals surface area contributed by atoms with Crippen molar-refractivity contribution in [2.24, 2.45) is 5.73 Å². The average Bonchev–Trinajstić information content (AvgIpc) is 3.11. The van der Waals surface area contributed by atoms with Gasteiger partial charge in [-0.15, -0.1) is 0 Å². The molecular formula is C41H82NO7P. The molecule has 0 aromatic rings. The van der Waals surface area contributed by atoms with Gasteiger partial charge >= 0.3 is 13.8 Å². The van der Waals surface area contributed by atoms with E-state index in [4.69, 9.17) is 24.3 Å². The van der Waals surface area contributed by atoms with Crippen molar-refractivity contribution in [1.82, 2.24) is 0 Å². The van der Waals surface area contributed by atoms with Crippen LogP contribution in [0.3, 0.4) is 0 Å². The van der Waals surface area contributed by atoms with Gasteiger partial charge in [0.25, 0.3) is 0 Å². The molecule has 298 valence electrons. The number of unbranched alkanes of at least 4 members (excludes halogenated alkanes) is 28. The number of ether oxygens (including phenoxy) is 2. The SMILES string of the molecule is CCCCCCCCCCCCCCCC/C=C\O[C@H](COC(=O)CCCCCCCCCCCCCCCCC)COP(=O)(O)OCCN. The van der Waals surface area contributed by atoms with Crippen LogP contribution in [0.15, 0.2) is 12.3 Å². The Morgan fingerprint density at radius 1 is 0.600 bits per heavy atom. The van der Waals surface area contributed by atoms with Crippen LogP contribution in [0.5, 0.6) is 0 Å². The number of carbonyl (C=O) groups is 1. The molecule has 50 heavy (non-hydrogen) atoms. The molecule has 0 saturated heterocycles. The molecule has 0 aliphatic heterocycles. The molecule has 0 aliphatic rings. The summed E-state index contributed by atoms with van der Waals surface area (Å²) in [5.41, 5.74) is 5.36. The third-order valence-corrected chi connectivity index (χ3v) is 10.3. The van der Waals surface area contributed by atoms with E-state index >= 15 is 0 Å². The summed E-state index contributed by atoms with van der Waals surface area (Å²) >= 11 is 0. The van der Waals surface area contributed by atoms with Crippen LogP contribution >= 0.6 is 7.82 Å². The number of phosphoric acid groups is 1. The van der Waals surface area contributed by atoms with Crippen molar-refractivity contribution in [2.75, 3.05) is 26.4 Å². The lowest BCUT2D eigenvalue weighted by Gasteiger charge is -2.19. The van der Waals surface area contributed by atoms with E-state index in [-0.39, 0.29) is 32.3 Å². The maximum atomic E-state index is 12.4. The normalized spacial score (nSPS) is 13.5. The van der Waals surface area contributed by atoms with Crippen molar-refractivity contribution in [3.63, 3.8) is 0 Å². The summed E-state index contributed by atoms with van der Waals surface area (Å²) in [6.07, 6.45) is 41.8. The second-order valence-electron chi connectivity index (χ2n) is 14.3. The maximum Gasteiger partial charge on any atom is 0.472 e. The van der Waals surface area contributed by atoms with Gasteiger partial charge in [0.2, 0.25) is 0 Å². The van der Waals surface area contributed by atoms with Crippen LogP contribution in [0, 0.1) is 0 Å². The number of rotatable bonds is 41. The predicted octanol–water partition coefficient (Wildman–Crippen LogP) is 12.7. The Morgan fingerprint density at radius 2 is 1.00 bits per heavy atom. The Bertz CT molecular complexity index is 782. The van der Waals surface area contributed by atoms with Crippen molar-refractivity contribution in [2.45, 2.75) is 219 Å². The van der Waals surface area contributed by atoms with E-state index in [0.29, 0.717) is 6.42 Å². The number of phosphoric ester groups is 1. The summed E-state index contributed by atoms with van der Waals surface area (Å²) in [6, 6.07) is 0. The van der Waals surface area contributed by atoms with Crippen molar-refractivity contribution in [3.05, 3.63) is 12.3 Å². The molecule has 0 amide bonds. The van der Waals surface area contributed by atoms with Crippen LogP contribution < -0.4 is 5.73 Å². The highest BCUT2D eigenvalue weighted by Crippen LogP contribution is 2.43. The first-order chi connectivity index (χ1) is 24.4. The van der Waals surface area contributed by atoms with E-state index in [1.807, 2.05) is 6.08 Å². The van der Waals surface area contributed by atoms with Crippen LogP contribution in [-0.2, 0) is 27.9 Å². The zero-order valence-electron chi connectivity index (χ0n) is 32.9. The Kier molecular flexibility index (Phi) is 38.6. The fourth-order valence-electron chi connectivity index (χ4n) is 6.10. The van der Waals surface area contributed by atoms with Gasteiger partial charge in [0, 0.05) is 13.0 Å². The van der Waals surface area contributed by atoms with Crippen LogP contribution in [0.2, 0.25) is 0 Å². The van der Waals surface area contributed by atoms with Crippen LogP contribution in [0.25, 0.3) is 0 Å². The number of allylic oxidation sites excluding steroid dienone is 1. The van der Waals surface area contributed by atoms with Gasteiger partial charge in [0.1, 0.15) is 6.61 Å². The van der Waals surface area contributed by atoms with Crippen LogP contribution in [0.4, 0.5) is 0 Å². The molecular weight excluding hydrogens is 649 g/mol. The molecule has 1 unspecified atom stereocenters. The first-order valence-electron chi connectivity index (χ1n) is 21.2. The molecule has 9 heteroatoms. The third kappa shape index (κ3) is 38.3. The van der Waals surface area contributed by atoms with E-state index in [9.17, 15) is 14.3 Å². The molecule has 0 radical (unpaired) electrons. The van der Waals surface area contributed by atoms with E-state index in [1.54, 1.807) is 6.26 Å². The molecule has 0 bridgehead atoms. The first kappa shape index (κ1) is 49.1. The van der Waals surface area contributed by atoms with Crippen molar-refractivity contribution in [1.29, 1.82) is 0 Å². The minimum Gasteiger partial charge on any atom is -0.492 e. The number of hydrogen-bond donors (Lipinski definition) is 2. The molecule has 8 nitrogen and oxygen atoms in total. The standard InChI is InChI=1S/C41H82NO7P/c1-3-5-7-9-11-13-15-17-19-21-23-25-27-29-31-33-36-46-40(39-49-50(44,45)48-37-35-42)38-47-41(43)34-32-30-28-26-24-22-20-18-16-14-12-10-8-6-4-2/h33,36,40H,3-32,34-35,37-39,42H2,1-2H3,(H,44,45)/b36-33-/t40-/m1/s1. The lowest BCUT2D eigenvalue weighted by Crippen LogP contribution is -2.25. The van der Waals surface area contributed by atoms with E-state index in [2.05, 4.69) is 13.8 Å². The Labute approximate surface area is 309 Å². The zero-order chi connectivity index (χ0) is 36.6. The fraction of sp³-hybridized carbons (Fsp3) is 0.927. The minimum absolute atomic E-state index is 0.0579. The number of esters is 1. The molecule has 0 aromatic carbocycles. The van der Waals surface area contributed by atoms with Crippen LogP contribution in [0.1, 0.15) is 213 Å². The number of nitrogens with two attached hydrogens (primary N) is 1. The highest BCUT2D eigenvalue weighted by molar-refractivity contribution is 7.47. The first-order valence-corrected chi connectivity index (χ1v) is 22.7. The zero-order valence-corrected chi connectivity index (χ0v) is 33.8. The van der Waals surface area contributed by atoms with E-state index < -0.39 is 13.9 Å². The largest absolute Gasteiger partial charge is 0.492 e.